The molecule has 2 rings (SSSR count). The van der Waals surface area contributed by atoms with Gasteiger partial charge in [0, 0.05) is 12.2 Å². The molecule has 1 amide bonds. The number of halogens is 1. The molecule has 1 saturated carbocycles. The molecular formula is C11H19ClN4O. The summed E-state index contributed by atoms with van der Waals surface area (Å²) in [6.45, 7) is 4.34. The zero-order valence-electron chi connectivity index (χ0n) is 10.1. The van der Waals surface area contributed by atoms with Gasteiger partial charge in [0.1, 0.15) is 5.69 Å². The standard InChI is InChI=1S/C11H18N4O.ClH/c1-7-5-9(15-14-7)10(16)13-11(2,6-12)8-3-4-8;/h5,8H,3-4,6,12H2,1-2H3,(H,13,16)(H,14,15);1H. The van der Waals surface area contributed by atoms with Gasteiger partial charge in [0.2, 0.25) is 0 Å². The Hall–Kier alpha value is -1.07. The zero-order valence-corrected chi connectivity index (χ0v) is 10.9. The molecule has 1 unspecified atom stereocenters. The van der Waals surface area contributed by atoms with E-state index in [0.717, 1.165) is 18.5 Å². The molecule has 1 atom stereocenters. The highest BCUT2D eigenvalue weighted by atomic mass is 35.5. The Kier molecular flexibility index (Phi) is 4.16. The predicted molar refractivity (Wildman–Crippen MR) is 68.2 cm³/mol. The molecule has 0 saturated heterocycles. The van der Waals surface area contributed by atoms with Crippen molar-refractivity contribution >= 4 is 18.3 Å². The first kappa shape index (κ1) is 14.0. The van der Waals surface area contributed by atoms with Crippen molar-refractivity contribution in [2.24, 2.45) is 11.7 Å². The van der Waals surface area contributed by atoms with Gasteiger partial charge in [-0.25, -0.2) is 0 Å². The highest BCUT2D eigenvalue weighted by Crippen LogP contribution is 2.39. The van der Waals surface area contributed by atoms with Crippen LogP contribution in [0, 0.1) is 12.8 Å². The minimum absolute atomic E-state index is 0. The molecule has 6 heteroatoms. The van der Waals surface area contributed by atoms with Gasteiger partial charge in [-0.2, -0.15) is 5.10 Å². The summed E-state index contributed by atoms with van der Waals surface area (Å²) in [5.74, 6) is 0.366. The summed E-state index contributed by atoms with van der Waals surface area (Å²) in [6.07, 6.45) is 2.29. The number of hydrogen-bond donors (Lipinski definition) is 3. The van der Waals surface area contributed by atoms with E-state index in [9.17, 15) is 4.79 Å². The van der Waals surface area contributed by atoms with Crippen molar-refractivity contribution in [2.45, 2.75) is 32.2 Å². The van der Waals surface area contributed by atoms with Crippen molar-refractivity contribution in [1.29, 1.82) is 0 Å². The summed E-state index contributed by atoms with van der Waals surface area (Å²) in [7, 11) is 0. The van der Waals surface area contributed by atoms with Crippen LogP contribution in [0.3, 0.4) is 0 Å². The Labute approximate surface area is 107 Å². The summed E-state index contributed by atoms with van der Waals surface area (Å²) in [4.78, 5) is 11.9. The minimum atomic E-state index is -0.288. The summed E-state index contributed by atoms with van der Waals surface area (Å²) in [6, 6.07) is 1.74. The number of hydrogen-bond acceptors (Lipinski definition) is 3. The van der Waals surface area contributed by atoms with Gasteiger partial charge in [0.15, 0.2) is 0 Å². The quantitative estimate of drug-likeness (QED) is 0.753. The van der Waals surface area contributed by atoms with Crippen LogP contribution in [0.15, 0.2) is 6.07 Å². The van der Waals surface area contributed by atoms with Gasteiger partial charge in [-0.05, 0) is 38.7 Å². The number of nitrogens with zero attached hydrogens (tertiary/aromatic N) is 1. The molecule has 1 aliphatic carbocycles. The largest absolute Gasteiger partial charge is 0.344 e. The SMILES string of the molecule is Cc1cc(C(=O)NC(C)(CN)C2CC2)n[nH]1.Cl. The van der Waals surface area contributed by atoms with Crippen molar-refractivity contribution < 1.29 is 4.79 Å². The molecule has 4 N–H and O–H groups in total. The van der Waals surface area contributed by atoms with E-state index in [1.807, 2.05) is 13.8 Å². The van der Waals surface area contributed by atoms with Crippen LogP contribution in [-0.2, 0) is 0 Å². The van der Waals surface area contributed by atoms with Crippen LogP contribution in [0.5, 0.6) is 0 Å². The summed E-state index contributed by atoms with van der Waals surface area (Å²) in [5, 5.41) is 9.68. The maximum absolute atomic E-state index is 11.9. The van der Waals surface area contributed by atoms with Crippen LogP contribution in [0.1, 0.15) is 35.9 Å². The van der Waals surface area contributed by atoms with E-state index in [-0.39, 0.29) is 23.9 Å². The van der Waals surface area contributed by atoms with Gasteiger partial charge in [-0.3, -0.25) is 9.89 Å². The Bertz CT molecular complexity index is 402. The lowest BCUT2D eigenvalue weighted by molar-refractivity contribution is 0.0892. The lowest BCUT2D eigenvalue weighted by Crippen LogP contribution is -2.53. The van der Waals surface area contributed by atoms with Crippen molar-refractivity contribution in [3.05, 3.63) is 17.5 Å². The number of carbonyl (C=O) groups excluding carboxylic acids is 1. The summed E-state index contributed by atoms with van der Waals surface area (Å²) < 4.78 is 0. The Morgan fingerprint density at radius 3 is 2.76 bits per heavy atom. The third kappa shape index (κ3) is 2.98. The van der Waals surface area contributed by atoms with Crippen LogP contribution in [-0.4, -0.2) is 28.2 Å². The highest BCUT2D eigenvalue weighted by molar-refractivity contribution is 5.92. The number of amides is 1. The Balaban J connectivity index is 0.00000144. The van der Waals surface area contributed by atoms with E-state index < -0.39 is 0 Å². The van der Waals surface area contributed by atoms with E-state index in [1.165, 1.54) is 0 Å². The smallest absolute Gasteiger partial charge is 0.272 e. The molecule has 1 aromatic rings. The summed E-state index contributed by atoms with van der Waals surface area (Å²) >= 11 is 0. The van der Waals surface area contributed by atoms with Crippen LogP contribution >= 0.6 is 12.4 Å². The van der Waals surface area contributed by atoms with Gasteiger partial charge < -0.3 is 11.1 Å². The average molecular weight is 259 g/mol. The van der Waals surface area contributed by atoms with Gasteiger partial charge in [0.25, 0.3) is 5.91 Å². The molecule has 1 aliphatic rings. The molecule has 1 fully saturated rings. The minimum Gasteiger partial charge on any atom is -0.344 e. The van der Waals surface area contributed by atoms with Crippen LogP contribution < -0.4 is 11.1 Å². The normalized spacial score (nSPS) is 18.1. The first-order valence-electron chi connectivity index (χ1n) is 5.60. The average Bonchev–Trinajstić information content (AvgIpc) is 3.02. The van der Waals surface area contributed by atoms with Crippen LogP contribution in [0.25, 0.3) is 0 Å². The maximum Gasteiger partial charge on any atom is 0.272 e. The molecule has 0 aliphatic heterocycles. The van der Waals surface area contributed by atoms with E-state index in [1.54, 1.807) is 6.07 Å². The number of aryl methyl sites for hydroxylation is 1. The second-order valence-corrected chi connectivity index (χ2v) is 4.79. The van der Waals surface area contributed by atoms with Crippen molar-refractivity contribution in [2.75, 3.05) is 6.54 Å². The maximum atomic E-state index is 11.9. The highest BCUT2D eigenvalue weighted by Gasteiger charge is 2.41. The molecule has 0 bridgehead atoms. The van der Waals surface area contributed by atoms with E-state index in [4.69, 9.17) is 5.73 Å². The summed E-state index contributed by atoms with van der Waals surface area (Å²) in [5.41, 5.74) is 6.76. The number of H-pyrrole nitrogens is 1. The van der Waals surface area contributed by atoms with Gasteiger partial charge in [0.05, 0.1) is 5.54 Å². The van der Waals surface area contributed by atoms with Gasteiger partial charge in [-0.15, -0.1) is 12.4 Å². The Morgan fingerprint density at radius 2 is 2.35 bits per heavy atom. The first-order valence-corrected chi connectivity index (χ1v) is 5.60. The fraction of sp³-hybridized carbons (Fsp3) is 0.636. The zero-order chi connectivity index (χ0) is 11.8. The Morgan fingerprint density at radius 1 is 1.71 bits per heavy atom. The fourth-order valence-electron chi connectivity index (χ4n) is 1.90. The molecule has 0 spiro atoms. The van der Waals surface area contributed by atoms with E-state index in [2.05, 4.69) is 15.5 Å². The molecule has 0 radical (unpaired) electrons. The van der Waals surface area contributed by atoms with Crippen molar-refractivity contribution in [3.63, 3.8) is 0 Å². The molecule has 5 nitrogen and oxygen atoms in total. The number of carbonyl (C=O) groups is 1. The van der Waals surface area contributed by atoms with Crippen LogP contribution in [0.2, 0.25) is 0 Å². The fourth-order valence-corrected chi connectivity index (χ4v) is 1.90. The molecular weight excluding hydrogens is 240 g/mol. The van der Waals surface area contributed by atoms with Crippen molar-refractivity contribution in [3.8, 4) is 0 Å². The number of nitrogens with two attached hydrogens (primary N) is 1. The molecule has 0 aromatic carbocycles. The van der Waals surface area contributed by atoms with Crippen LogP contribution in [0.4, 0.5) is 0 Å². The molecule has 1 aromatic heterocycles. The third-order valence-corrected chi connectivity index (χ3v) is 3.24. The molecule has 96 valence electrons. The lowest BCUT2D eigenvalue weighted by Gasteiger charge is -2.29. The molecule has 1 heterocycles. The predicted octanol–water partition coefficient (Wildman–Crippen LogP) is 0.997. The first-order chi connectivity index (χ1) is 7.55. The second-order valence-electron chi connectivity index (χ2n) is 4.79. The topological polar surface area (TPSA) is 83.8 Å². The number of aromatic nitrogens is 2. The van der Waals surface area contributed by atoms with Gasteiger partial charge in [-0.1, -0.05) is 0 Å². The van der Waals surface area contributed by atoms with E-state index in [0.29, 0.717) is 18.2 Å². The lowest BCUT2D eigenvalue weighted by atomic mass is 9.96. The van der Waals surface area contributed by atoms with Gasteiger partial charge >= 0.3 is 0 Å². The number of nitrogens with one attached hydrogen (secondary N) is 2. The monoisotopic (exact) mass is 258 g/mol. The van der Waals surface area contributed by atoms with Crippen molar-refractivity contribution in [1.82, 2.24) is 15.5 Å². The number of aromatic amines is 1. The number of rotatable bonds is 4. The third-order valence-electron chi connectivity index (χ3n) is 3.24. The molecule has 17 heavy (non-hydrogen) atoms. The van der Waals surface area contributed by atoms with E-state index >= 15 is 0 Å². The second kappa shape index (κ2) is 5.06.